The number of amides is 1. The molecule has 0 aromatic rings. The van der Waals surface area contributed by atoms with Gasteiger partial charge in [-0.1, -0.05) is 13.8 Å². The number of carbonyl (C=O) groups is 2. The second-order valence-corrected chi connectivity index (χ2v) is 5.96. The zero-order valence-electron chi connectivity index (χ0n) is 10.1. The van der Waals surface area contributed by atoms with Crippen LogP contribution in [0.2, 0.25) is 0 Å². The van der Waals surface area contributed by atoms with Gasteiger partial charge in [0, 0.05) is 0 Å². The Bertz CT molecular complexity index is 377. The van der Waals surface area contributed by atoms with E-state index in [4.69, 9.17) is 5.11 Å². The molecule has 0 bridgehead atoms. The molecule has 1 atom stereocenters. The molecule has 0 saturated heterocycles. The first-order chi connectivity index (χ1) is 7.61. The van der Waals surface area contributed by atoms with E-state index in [1.807, 2.05) is 13.8 Å². The summed E-state index contributed by atoms with van der Waals surface area (Å²) in [5.74, 6) is -1.71. The van der Waals surface area contributed by atoms with Gasteiger partial charge in [0.1, 0.15) is 12.6 Å². The van der Waals surface area contributed by atoms with Gasteiger partial charge >= 0.3 is 5.97 Å². The van der Waals surface area contributed by atoms with E-state index < -0.39 is 34.5 Å². The topological polar surface area (TPSA) is 113 Å². The lowest BCUT2D eigenvalue weighted by molar-refractivity contribution is -0.138. The maximum Gasteiger partial charge on any atom is 0.322 e. The molecular weight excluding hydrogens is 248 g/mol. The predicted octanol–water partition coefficient (Wildman–Crippen LogP) is -0.849. The Labute approximate surface area is 101 Å². The fourth-order valence-electron chi connectivity index (χ4n) is 1.22. The van der Waals surface area contributed by atoms with Gasteiger partial charge in [0.25, 0.3) is 0 Å². The Morgan fingerprint density at radius 2 is 1.82 bits per heavy atom. The van der Waals surface area contributed by atoms with Crippen LogP contribution in [0.5, 0.6) is 0 Å². The predicted molar refractivity (Wildman–Crippen MR) is 61.9 cm³/mol. The quantitative estimate of drug-likeness (QED) is 0.555. The first kappa shape index (κ1) is 15.9. The zero-order chi connectivity index (χ0) is 13.6. The Morgan fingerprint density at radius 3 is 2.18 bits per heavy atom. The van der Waals surface area contributed by atoms with Crippen LogP contribution in [-0.4, -0.2) is 44.2 Å². The summed E-state index contributed by atoms with van der Waals surface area (Å²) in [5, 5.41) is 10.5. The molecule has 17 heavy (non-hydrogen) atoms. The van der Waals surface area contributed by atoms with Crippen LogP contribution in [0.25, 0.3) is 0 Å². The number of carboxylic acid groups (broad SMARTS) is 1. The SMILES string of the molecule is CC(C)CC(NS(C)(=O)=O)C(=O)NCC(=O)O. The van der Waals surface area contributed by atoms with E-state index in [0.29, 0.717) is 6.42 Å². The fraction of sp³-hybridized carbons (Fsp3) is 0.778. The smallest absolute Gasteiger partial charge is 0.322 e. The van der Waals surface area contributed by atoms with Gasteiger partial charge in [-0.3, -0.25) is 9.59 Å². The van der Waals surface area contributed by atoms with E-state index in [1.165, 1.54) is 0 Å². The summed E-state index contributed by atoms with van der Waals surface area (Å²) >= 11 is 0. The van der Waals surface area contributed by atoms with Gasteiger partial charge in [-0.05, 0) is 12.3 Å². The largest absolute Gasteiger partial charge is 0.480 e. The molecule has 0 aliphatic carbocycles. The van der Waals surface area contributed by atoms with Gasteiger partial charge in [0.2, 0.25) is 15.9 Å². The van der Waals surface area contributed by atoms with Crippen LogP contribution in [0.1, 0.15) is 20.3 Å². The molecular formula is C9H18N2O5S. The summed E-state index contributed by atoms with van der Waals surface area (Å²) in [4.78, 5) is 21.8. The zero-order valence-corrected chi connectivity index (χ0v) is 10.9. The van der Waals surface area contributed by atoms with Crippen molar-refractivity contribution in [2.45, 2.75) is 26.3 Å². The molecule has 0 aromatic carbocycles. The van der Waals surface area contributed by atoms with Gasteiger partial charge in [-0.2, -0.15) is 0 Å². The van der Waals surface area contributed by atoms with E-state index in [9.17, 15) is 18.0 Å². The van der Waals surface area contributed by atoms with Crippen molar-refractivity contribution in [3.63, 3.8) is 0 Å². The molecule has 0 heterocycles. The van der Waals surface area contributed by atoms with E-state index in [1.54, 1.807) is 0 Å². The molecule has 0 rings (SSSR count). The molecule has 1 unspecified atom stereocenters. The number of carbonyl (C=O) groups excluding carboxylic acids is 1. The Hall–Kier alpha value is -1.15. The van der Waals surface area contributed by atoms with Crippen molar-refractivity contribution >= 4 is 21.9 Å². The maximum atomic E-state index is 11.6. The molecule has 0 aliphatic heterocycles. The van der Waals surface area contributed by atoms with Crippen molar-refractivity contribution < 1.29 is 23.1 Å². The Morgan fingerprint density at radius 1 is 1.29 bits per heavy atom. The number of rotatable bonds is 7. The highest BCUT2D eigenvalue weighted by atomic mass is 32.2. The summed E-state index contributed by atoms with van der Waals surface area (Å²) in [6.07, 6.45) is 1.25. The molecule has 0 aromatic heterocycles. The lowest BCUT2D eigenvalue weighted by atomic mass is 10.0. The second kappa shape index (κ2) is 6.55. The molecule has 0 fully saturated rings. The van der Waals surface area contributed by atoms with Gasteiger partial charge in [-0.25, -0.2) is 13.1 Å². The molecule has 1 amide bonds. The van der Waals surface area contributed by atoms with Crippen LogP contribution in [-0.2, 0) is 19.6 Å². The third-order valence-electron chi connectivity index (χ3n) is 1.79. The van der Waals surface area contributed by atoms with E-state index in [-0.39, 0.29) is 5.92 Å². The van der Waals surface area contributed by atoms with Crippen molar-refractivity contribution in [1.29, 1.82) is 0 Å². The number of carboxylic acids is 1. The van der Waals surface area contributed by atoms with Crippen LogP contribution in [0.15, 0.2) is 0 Å². The van der Waals surface area contributed by atoms with Crippen molar-refractivity contribution in [3.8, 4) is 0 Å². The molecule has 0 saturated carbocycles. The minimum atomic E-state index is -3.51. The number of hydrogen-bond acceptors (Lipinski definition) is 4. The summed E-state index contributed by atoms with van der Waals surface area (Å²) < 4.78 is 24.3. The number of nitrogens with one attached hydrogen (secondary N) is 2. The Kier molecular flexibility index (Phi) is 6.11. The first-order valence-corrected chi connectivity index (χ1v) is 6.97. The summed E-state index contributed by atoms with van der Waals surface area (Å²) in [6.45, 7) is 3.14. The van der Waals surface area contributed by atoms with Crippen molar-refractivity contribution in [2.75, 3.05) is 12.8 Å². The lowest BCUT2D eigenvalue weighted by Gasteiger charge is -2.18. The standard InChI is InChI=1S/C9H18N2O5S/c1-6(2)4-7(11-17(3,15)16)9(14)10-5-8(12)13/h6-7,11H,4-5H2,1-3H3,(H,10,14)(H,12,13). The molecule has 8 heteroatoms. The molecule has 0 radical (unpaired) electrons. The fourth-order valence-corrected chi connectivity index (χ4v) is 1.94. The average Bonchev–Trinajstić information content (AvgIpc) is 2.09. The molecule has 0 spiro atoms. The second-order valence-electron chi connectivity index (χ2n) is 4.18. The molecule has 7 nitrogen and oxygen atoms in total. The van der Waals surface area contributed by atoms with Crippen molar-refractivity contribution in [2.24, 2.45) is 5.92 Å². The minimum Gasteiger partial charge on any atom is -0.480 e. The van der Waals surface area contributed by atoms with Gasteiger partial charge in [0.05, 0.1) is 6.26 Å². The van der Waals surface area contributed by atoms with Gasteiger partial charge in [0.15, 0.2) is 0 Å². The first-order valence-electron chi connectivity index (χ1n) is 5.08. The third-order valence-corrected chi connectivity index (χ3v) is 2.51. The highest BCUT2D eigenvalue weighted by molar-refractivity contribution is 7.88. The van der Waals surface area contributed by atoms with Gasteiger partial charge in [-0.15, -0.1) is 0 Å². The van der Waals surface area contributed by atoms with Crippen LogP contribution in [0, 0.1) is 5.92 Å². The van der Waals surface area contributed by atoms with Gasteiger partial charge < -0.3 is 10.4 Å². The summed E-state index contributed by atoms with van der Waals surface area (Å²) in [5.41, 5.74) is 0. The highest BCUT2D eigenvalue weighted by Gasteiger charge is 2.23. The number of aliphatic carboxylic acids is 1. The minimum absolute atomic E-state index is 0.102. The summed E-state index contributed by atoms with van der Waals surface area (Å²) in [6, 6.07) is -0.940. The maximum absolute atomic E-state index is 11.6. The van der Waals surface area contributed by atoms with E-state index in [0.717, 1.165) is 6.26 Å². The Balaban J connectivity index is 4.56. The average molecular weight is 266 g/mol. The third kappa shape index (κ3) is 8.64. The summed E-state index contributed by atoms with van der Waals surface area (Å²) in [7, 11) is -3.51. The number of sulfonamides is 1. The van der Waals surface area contributed by atoms with Crippen LogP contribution >= 0.6 is 0 Å². The number of hydrogen-bond donors (Lipinski definition) is 3. The van der Waals surface area contributed by atoms with Crippen LogP contribution < -0.4 is 10.0 Å². The van der Waals surface area contributed by atoms with Crippen LogP contribution in [0.3, 0.4) is 0 Å². The highest BCUT2D eigenvalue weighted by Crippen LogP contribution is 2.05. The van der Waals surface area contributed by atoms with E-state index in [2.05, 4.69) is 10.0 Å². The molecule has 3 N–H and O–H groups in total. The van der Waals surface area contributed by atoms with Crippen molar-refractivity contribution in [1.82, 2.24) is 10.0 Å². The lowest BCUT2D eigenvalue weighted by Crippen LogP contribution is -2.48. The monoisotopic (exact) mass is 266 g/mol. The van der Waals surface area contributed by atoms with Crippen LogP contribution in [0.4, 0.5) is 0 Å². The van der Waals surface area contributed by atoms with E-state index >= 15 is 0 Å². The molecule has 100 valence electrons. The molecule has 0 aliphatic rings. The normalized spacial score (nSPS) is 13.4. The van der Waals surface area contributed by atoms with Crippen molar-refractivity contribution in [3.05, 3.63) is 0 Å².